The third-order valence-corrected chi connectivity index (χ3v) is 6.11. The maximum absolute atomic E-state index is 12.6. The fraction of sp³-hybridized carbons (Fsp3) is 0.250. The maximum Gasteiger partial charge on any atom is 0.234 e. The highest BCUT2D eigenvalue weighted by molar-refractivity contribution is 7.99. The van der Waals surface area contributed by atoms with Gasteiger partial charge < -0.3 is 15.2 Å². The number of amides is 2. The number of nitrogens with one attached hydrogen (secondary N) is 2. The molecule has 3 rings (SSSR count). The molecule has 1 aromatic heterocycles. The molecule has 0 aliphatic heterocycles. The second-order valence-corrected chi connectivity index (χ2v) is 8.71. The number of halogens is 1. The fourth-order valence-corrected chi connectivity index (χ4v) is 4.15. The van der Waals surface area contributed by atoms with Crippen LogP contribution in [0.2, 0.25) is 5.02 Å². The third-order valence-electron chi connectivity index (χ3n) is 4.89. The van der Waals surface area contributed by atoms with Gasteiger partial charge in [-0.05, 0) is 48.7 Å². The van der Waals surface area contributed by atoms with E-state index in [9.17, 15) is 9.59 Å². The van der Waals surface area contributed by atoms with Crippen molar-refractivity contribution in [2.75, 3.05) is 16.4 Å². The van der Waals surface area contributed by atoms with Crippen LogP contribution in [0, 0.1) is 6.92 Å². The third kappa shape index (κ3) is 6.69. The van der Waals surface area contributed by atoms with Gasteiger partial charge >= 0.3 is 0 Å². The van der Waals surface area contributed by atoms with Gasteiger partial charge in [0.25, 0.3) is 0 Å². The van der Waals surface area contributed by atoms with Crippen LogP contribution in [0.4, 0.5) is 11.4 Å². The molecule has 0 bridgehead atoms. The number of hydrogen-bond acceptors (Lipinski definition) is 5. The van der Waals surface area contributed by atoms with E-state index < -0.39 is 0 Å². The molecule has 0 saturated heterocycles. The van der Waals surface area contributed by atoms with E-state index in [1.807, 2.05) is 25.1 Å². The van der Waals surface area contributed by atoms with E-state index in [2.05, 4.69) is 34.3 Å². The quantitative estimate of drug-likeness (QED) is 0.316. The minimum atomic E-state index is -0.226. The molecule has 0 aliphatic rings. The summed E-state index contributed by atoms with van der Waals surface area (Å²) in [5.41, 5.74) is 3.62. The Morgan fingerprint density at radius 3 is 2.58 bits per heavy atom. The molecule has 0 unspecified atom stereocenters. The van der Waals surface area contributed by atoms with Gasteiger partial charge in [0.15, 0.2) is 5.16 Å². The lowest BCUT2D eigenvalue weighted by Gasteiger charge is -2.13. The maximum atomic E-state index is 12.6. The van der Waals surface area contributed by atoms with Crippen molar-refractivity contribution in [3.8, 4) is 0 Å². The summed E-state index contributed by atoms with van der Waals surface area (Å²) >= 11 is 7.15. The predicted octanol–water partition coefficient (Wildman–Crippen LogP) is 4.90. The van der Waals surface area contributed by atoms with Crippen LogP contribution in [0.15, 0.2) is 60.3 Å². The standard InChI is InChI=1S/C24H26ClN5O2S/c1-4-13-30-20(14-21(31)26-19-11-9-18(25)10-12-19)28-29-24(30)33-15-22(32)27-23-16(3)7-6-8-17(23)5-2/h4,6-12H,1,5,13-15H2,2-3H3,(H,26,31)(H,27,32). The molecule has 2 aromatic carbocycles. The average Bonchev–Trinajstić information content (AvgIpc) is 3.16. The summed E-state index contributed by atoms with van der Waals surface area (Å²) in [7, 11) is 0. The van der Waals surface area contributed by atoms with E-state index in [0.717, 1.165) is 23.2 Å². The number of thioether (sulfide) groups is 1. The molecule has 0 spiro atoms. The predicted molar refractivity (Wildman–Crippen MR) is 134 cm³/mol. The lowest BCUT2D eigenvalue weighted by atomic mass is 10.1. The van der Waals surface area contributed by atoms with Crippen LogP contribution >= 0.6 is 23.4 Å². The molecule has 7 nitrogen and oxygen atoms in total. The minimum absolute atomic E-state index is 0.0410. The zero-order chi connectivity index (χ0) is 23.8. The van der Waals surface area contributed by atoms with Crippen molar-refractivity contribution >= 4 is 46.6 Å². The molecule has 3 aromatic rings. The van der Waals surface area contributed by atoms with Crippen LogP contribution in [0.5, 0.6) is 0 Å². The van der Waals surface area contributed by atoms with E-state index in [4.69, 9.17) is 11.6 Å². The van der Waals surface area contributed by atoms with E-state index in [0.29, 0.717) is 28.2 Å². The molecular formula is C24H26ClN5O2S. The summed E-state index contributed by atoms with van der Waals surface area (Å²) in [5.74, 6) is 0.315. The number of rotatable bonds is 10. The summed E-state index contributed by atoms with van der Waals surface area (Å²) in [6, 6.07) is 12.8. The van der Waals surface area contributed by atoms with Crippen molar-refractivity contribution in [2.24, 2.45) is 0 Å². The average molecular weight is 484 g/mol. The molecule has 2 N–H and O–H groups in total. The van der Waals surface area contributed by atoms with E-state index in [1.54, 1.807) is 34.9 Å². The molecule has 0 fully saturated rings. The summed E-state index contributed by atoms with van der Waals surface area (Å²) < 4.78 is 1.79. The Hall–Kier alpha value is -3.10. The number of hydrogen-bond donors (Lipinski definition) is 2. The van der Waals surface area contributed by atoms with Gasteiger partial charge in [0.1, 0.15) is 5.82 Å². The summed E-state index contributed by atoms with van der Waals surface area (Å²) in [5, 5.41) is 15.3. The van der Waals surface area contributed by atoms with E-state index in [1.165, 1.54) is 11.8 Å². The Kier molecular flexibility index (Phi) is 8.68. The van der Waals surface area contributed by atoms with Crippen LogP contribution in [-0.4, -0.2) is 32.3 Å². The number of allylic oxidation sites excluding steroid dienone is 1. The molecule has 1 heterocycles. The lowest BCUT2D eigenvalue weighted by molar-refractivity contribution is -0.116. The van der Waals surface area contributed by atoms with E-state index >= 15 is 0 Å². The zero-order valence-electron chi connectivity index (χ0n) is 18.6. The van der Waals surface area contributed by atoms with Gasteiger partial charge in [-0.15, -0.1) is 16.8 Å². The van der Waals surface area contributed by atoms with Gasteiger partial charge in [0.2, 0.25) is 11.8 Å². The number of carbonyl (C=O) groups excluding carboxylic acids is 2. The summed E-state index contributed by atoms with van der Waals surface area (Å²) in [6.07, 6.45) is 2.58. The Balaban J connectivity index is 1.64. The molecule has 172 valence electrons. The number of para-hydroxylation sites is 1. The molecule has 33 heavy (non-hydrogen) atoms. The van der Waals surface area contributed by atoms with Gasteiger partial charge in [-0.3, -0.25) is 9.59 Å². The SMILES string of the molecule is C=CCn1c(CC(=O)Nc2ccc(Cl)cc2)nnc1SCC(=O)Nc1c(C)cccc1CC. The second-order valence-electron chi connectivity index (χ2n) is 7.33. The van der Waals surface area contributed by atoms with Crippen LogP contribution in [0.25, 0.3) is 0 Å². The monoisotopic (exact) mass is 483 g/mol. The lowest BCUT2D eigenvalue weighted by Crippen LogP contribution is -2.18. The summed E-state index contributed by atoms with van der Waals surface area (Å²) in [4.78, 5) is 25.1. The number of anilines is 2. The molecule has 0 radical (unpaired) electrons. The van der Waals surface area contributed by atoms with Crippen molar-refractivity contribution in [3.05, 3.63) is 77.1 Å². The highest BCUT2D eigenvalue weighted by Gasteiger charge is 2.17. The molecule has 2 amide bonds. The topological polar surface area (TPSA) is 88.9 Å². The molecular weight excluding hydrogens is 458 g/mol. The molecule has 0 saturated carbocycles. The van der Waals surface area contributed by atoms with Gasteiger partial charge in [0.05, 0.1) is 12.2 Å². The van der Waals surface area contributed by atoms with Crippen LogP contribution in [0.3, 0.4) is 0 Å². The van der Waals surface area contributed by atoms with Gasteiger partial charge in [-0.1, -0.05) is 54.6 Å². The first-order valence-electron chi connectivity index (χ1n) is 10.5. The first-order valence-corrected chi connectivity index (χ1v) is 11.9. The number of benzene rings is 2. The molecule has 0 aliphatic carbocycles. The Morgan fingerprint density at radius 1 is 1.12 bits per heavy atom. The smallest absolute Gasteiger partial charge is 0.234 e. The number of aromatic nitrogens is 3. The van der Waals surface area contributed by atoms with Crippen molar-refractivity contribution in [1.29, 1.82) is 0 Å². The van der Waals surface area contributed by atoms with Crippen LogP contribution in [0.1, 0.15) is 23.9 Å². The minimum Gasteiger partial charge on any atom is -0.326 e. The van der Waals surface area contributed by atoms with E-state index in [-0.39, 0.29) is 24.0 Å². The largest absolute Gasteiger partial charge is 0.326 e. The van der Waals surface area contributed by atoms with Gasteiger partial charge in [0, 0.05) is 22.9 Å². The Bertz CT molecular complexity index is 1140. The van der Waals surface area contributed by atoms with Crippen LogP contribution < -0.4 is 10.6 Å². The summed E-state index contributed by atoms with van der Waals surface area (Å²) in [6.45, 7) is 8.24. The van der Waals surface area contributed by atoms with Crippen molar-refractivity contribution in [3.63, 3.8) is 0 Å². The van der Waals surface area contributed by atoms with Crippen molar-refractivity contribution < 1.29 is 9.59 Å². The Morgan fingerprint density at radius 2 is 1.88 bits per heavy atom. The second kappa shape index (κ2) is 11.7. The number of carbonyl (C=O) groups is 2. The molecule has 9 heteroatoms. The highest BCUT2D eigenvalue weighted by Crippen LogP contribution is 2.23. The first-order chi connectivity index (χ1) is 15.9. The highest BCUT2D eigenvalue weighted by atomic mass is 35.5. The number of nitrogens with zero attached hydrogens (tertiary/aromatic N) is 3. The first kappa shape index (κ1) is 24.5. The zero-order valence-corrected chi connectivity index (χ0v) is 20.2. The number of aryl methyl sites for hydroxylation is 2. The van der Waals surface area contributed by atoms with Gasteiger partial charge in [-0.25, -0.2) is 0 Å². The van der Waals surface area contributed by atoms with Crippen molar-refractivity contribution in [2.45, 2.75) is 38.4 Å². The van der Waals surface area contributed by atoms with Crippen LogP contribution in [-0.2, 0) is 29.0 Å². The normalized spacial score (nSPS) is 10.6. The molecule has 0 atom stereocenters. The van der Waals surface area contributed by atoms with Crippen molar-refractivity contribution in [1.82, 2.24) is 14.8 Å². The fourth-order valence-electron chi connectivity index (χ4n) is 3.26. The van der Waals surface area contributed by atoms with Gasteiger partial charge in [-0.2, -0.15) is 0 Å². The Labute approximate surface area is 202 Å².